The average Bonchev–Trinajstić information content (AvgIpc) is 3.60. The summed E-state index contributed by atoms with van der Waals surface area (Å²) in [6.45, 7) is -0.216. The van der Waals surface area contributed by atoms with Crippen molar-refractivity contribution in [3.63, 3.8) is 0 Å². The molecule has 2 aromatic carbocycles. The molecule has 2 N–H and O–H groups in total. The number of aromatic nitrogens is 2. The predicted molar refractivity (Wildman–Crippen MR) is 119 cm³/mol. The normalized spacial score (nSPS) is 21.8. The lowest BCUT2D eigenvalue weighted by molar-refractivity contribution is -0.159. The number of para-hydroxylation sites is 2. The lowest BCUT2D eigenvalue weighted by Gasteiger charge is -2.48. The fourth-order valence-electron chi connectivity index (χ4n) is 4.97. The van der Waals surface area contributed by atoms with Crippen LogP contribution in [0.1, 0.15) is 41.9 Å². The van der Waals surface area contributed by atoms with Crippen LogP contribution in [-0.4, -0.2) is 44.4 Å². The molecular formula is C24H21N5O4. The molecule has 1 atom stereocenters. The minimum Gasteiger partial charge on any atom is -0.454 e. The van der Waals surface area contributed by atoms with Crippen LogP contribution in [0.25, 0.3) is 10.9 Å². The summed E-state index contributed by atoms with van der Waals surface area (Å²) in [4.78, 5) is 51.8. The highest BCUT2D eigenvalue weighted by molar-refractivity contribution is 6.15. The highest BCUT2D eigenvalue weighted by Gasteiger charge is 2.64. The number of fused-ring (bicyclic) bond motifs is 4. The summed E-state index contributed by atoms with van der Waals surface area (Å²) in [5.74, 6) is -0.555. The van der Waals surface area contributed by atoms with Crippen molar-refractivity contribution in [2.24, 2.45) is 0 Å². The number of carbonyl (C=O) groups is 3. The third-order valence-corrected chi connectivity index (χ3v) is 6.55. The maximum atomic E-state index is 13.7. The molecule has 0 radical (unpaired) electrons. The fraction of sp³-hybridized carbons (Fsp3) is 0.292. The van der Waals surface area contributed by atoms with Crippen molar-refractivity contribution < 1.29 is 19.1 Å². The number of ether oxygens (including phenoxy) is 1. The van der Waals surface area contributed by atoms with Gasteiger partial charge in [0.15, 0.2) is 12.4 Å². The minimum atomic E-state index is -1.49. The van der Waals surface area contributed by atoms with E-state index in [2.05, 4.69) is 9.97 Å². The van der Waals surface area contributed by atoms with Crippen LogP contribution in [0.15, 0.2) is 48.5 Å². The second kappa shape index (κ2) is 6.99. The molecule has 2 aliphatic heterocycles. The molecule has 0 spiro atoms. The number of carbonyl (C=O) groups excluding carboxylic acids is 3. The Hall–Kier alpha value is -4.01. The standard InChI is InChI=1S/C24H21N5O4/c25-21-15-5-1-3-7-17(15)26-19(27-21)13-33-23(32)24-12-11-20(30)29(24)18-8-4-2-6-16(18)22(31)28(24)14-9-10-14/h1-8,14H,9-13H2,(H2,25,26,27). The van der Waals surface area contributed by atoms with Crippen LogP contribution in [0.4, 0.5) is 11.5 Å². The molecule has 1 unspecified atom stereocenters. The highest BCUT2D eigenvalue weighted by Crippen LogP contribution is 2.49. The van der Waals surface area contributed by atoms with Gasteiger partial charge in [0.1, 0.15) is 5.82 Å². The van der Waals surface area contributed by atoms with Crippen molar-refractivity contribution in [3.05, 3.63) is 59.9 Å². The lowest BCUT2D eigenvalue weighted by Crippen LogP contribution is -2.69. The number of nitrogens with two attached hydrogens (primary N) is 1. The zero-order valence-corrected chi connectivity index (χ0v) is 17.7. The number of nitrogen functional groups attached to an aromatic ring is 1. The van der Waals surface area contributed by atoms with Gasteiger partial charge in [0, 0.05) is 24.3 Å². The first-order valence-corrected chi connectivity index (χ1v) is 10.9. The minimum absolute atomic E-state index is 0.0978. The number of hydrogen-bond donors (Lipinski definition) is 1. The number of hydrogen-bond acceptors (Lipinski definition) is 7. The third kappa shape index (κ3) is 2.81. The molecule has 3 aromatic rings. The van der Waals surface area contributed by atoms with Crippen LogP contribution < -0.4 is 10.6 Å². The van der Waals surface area contributed by atoms with Gasteiger partial charge in [-0.3, -0.25) is 14.5 Å². The molecule has 166 valence electrons. The van der Waals surface area contributed by atoms with E-state index in [4.69, 9.17) is 10.5 Å². The van der Waals surface area contributed by atoms with E-state index >= 15 is 0 Å². The van der Waals surface area contributed by atoms with E-state index in [-0.39, 0.29) is 43.1 Å². The van der Waals surface area contributed by atoms with Crippen LogP contribution >= 0.6 is 0 Å². The lowest BCUT2D eigenvalue weighted by atomic mass is 9.96. The van der Waals surface area contributed by atoms with Gasteiger partial charge in [-0.1, -0.05) is 24.3 Å². The summed E-state index contributed by atoms with van der Waals surface area (Å²) in [5, 5.41) is 0.716. The first kappa shape index (κ1) is 19.7. The zero-order valence-electron chi connectivity index (χ0n) is 17.7. The summed E-state index contributed by atoms with van der Waals surface area (Å²) in [7, 11) is 0. The van der Waals surface area contributed by atoms with Crippen LogP contribution in [0.3, 0.4) is 0 Å². The molecule has 33 heavy (non-hydrogen) atoms. The molecule has 0 bridgehead atoms. The summed E-state index contributed by atoms with van der Waals surface area (Å²) in [6, 6.07) is 14.1. The van der Waals surface area contributed by atoms with Crippen molar-refractivity contribution in [1.29, 1.82) is 0 Å². The second-order valence-electron chi connectivity index (χ2n) is 8.59. The van der Waals surface area contributed by atoms with Crippen LogP contribution in [0.5, 0.6) is 0 Å². The Kier molecular flexibility index (Phi) is 4.17. The molecule has 3 heterocycles. The molecule has 2 amide bonds. The molecule has 9 heteroatoms. The van der Waals surface area contributed by atoms with Gasteiger partial charge in [-0.15, -0.1) is 0 Å². The highest BCUT2D eigenvalue weighted by atomic mass is 16.5. The van der Waals surface area contributed by atoms with E-state index in [0.717, 1.165) is 12.8 Å². The second-order valence-corrected chi connectivity index (χ2v) is 8.59. The van der Waals surface area contributed by atoms with Crippen molar-refractivity contribution in [3.8, 4) is 0 Å². The number of rotatable bonds is 4. The molecule has 9 nitrogen and oxygen atoms in total. The van der Waals surface area contributed by atoms with Crippen molar-refractivity contribution in [2.45, 2.75) is 44.0 Å². The van der Waals surface area contributed by atoms with Gasteiger partial charge in [0.25, 0.3) is 5.91 Å². The number of nitrogens with zero attached hydrogens (tertiary/aromatic N) is 4. The summed E-state index contributed by atoms with van der Waals surface area (Å²) < 4.78 is 5.69. The van der Waals surface area contributed by atoms with Gasteiger partial charge in [0.2, 0.25) is 11.6 Å². The Bertz CT molecular complexity index is 1340. The third-order valence-electron chi connectivity index (χ3n) is 6.55. The van der Waals surface area contributed by atoms with Crippen LogP contribution in [0, 0.1) is 0 Å². The predicted octanol–water partition coefficient (Wildman–Crippen LogP) is 2.40. The van der Waals surface area contributed by atoms with E-state index in [0.29, 0.717) is 28.0 Å². The van der Waals surface area contributed by atoms with Gasteiger partial charge >= 0.3 is 5.97 Å². The van der Waals surface area contributed by atoms with Gasteiger partial charge < -0.3 is 15.4 Å². The summed E-state index contributed by atoms with van der Waals surface area (Å²) >= 11 is 0. The number of esters is 1. The fourth-order valence-corrected chi connectivity index (χ4v) is 4.97. The maximum Gasteiger partial charge on any atom is 0.354 e. The van der Waals surface area contributed by atoms with Crippen LogP contribution in [-0.2, 0) is 20.9 Å². The molecule has 3 aliphatic rings. The number of anilines is 2. The van der Waals surface area contributed by atoms with E-state index in [1.54, 1.807) is 35.2 Å². The molecule has 1 saturated heterocycles. The quantitative estimate of drug-likeness (QED) is 0.615. The van der Waals surface area contributed by atoms with Crippen molar-refractivity contribution >= 4 is 40.2 Å². The van der Waals surface area contributed by atoms with E-state index in [9.17, 15) is 14.4 Å². The first-order chi connectivity index (χ1) is 16.0. The molecular weight excluding hydrogens is 422 g/mol. The largest absolute Gasteiger partial charge is 0.454 e. The summed E-state index contributed by atoms with van der Waals surface area (Å²) in [6.07, 6.45) is 1.91. The molecule has 1 aliphatic carbocycles. The Labute approximate surface area is 189 Å². The molecule has 6 rings (SSSR count). The van der Waals surface area contributed by atoms with Gasteiger partial charge in [0.05, 0.1) is 16.8 Å². The van der Waals surface area contributed by atoms with E-state index in [1.165, 1.54) is 4.90 Å². The Morgan fingerprint density at radius 2 is 1.85 bits per heavy atom. The topological polar surface area (TPSA) is 119 Å². The van der Waals surface area contributed by atoms with Crippen molar-refractivity contribution in [2.75, 3.05) is 10.6 Å². The van der Waals surface area contributed by atoms with Gasteiger partial charge in [-0.25, -0.2) is 14.8 Å². The maximum absolute atomic E-state index is 13.7. The van der Waals surface area contributed by atoms with Gasteiger partial charge in [-0.05, 0) is 37.1 Å². The van der Waals surface area contributed by atoms with Crippen molar-refractivity contribution in [1.82, 2.24) is 14.9 Å². The molecule has 1 aromatic heterocycles. The number of benzene rings is 2. The van der Waals surface area contributed by atoms with E-state index in [1.807, 2.05) is 18.2 Å². The summed E-state index contributed by atoms with van der Waals surface area (Å²) in [5.41, 5.74) is 6.08. The van der Waals surface area contributed by atoms with Crippen LogP contribution in [0.2, 0.25) is 0 Å². The smallest absolute Gasteiger partial charge is 0.354 e. The zero-order chi connectivity index (χ0) is 22.7. The molecule has 2 fully saturated rings. The number of amides is 2. The monoisotopic (exact) mass is 443 g/mol. The Morgan fingerprint density at radius 3 is 2.67 bits per heavy atom. The Balaban J connectivity index is 1.38. The molecule has 1 saturated carbocycles. The SMILES string of the molecule is Nc1nc(COC(=O)C23CCC(=O)N2c2ccccc2C(=O)N3C2CC2)nc2ccccc12. The average molecular weight is 443 g/mol. The van der Waals surface area contributed by atoms with Gasteiger partial charge in [-0.2, -0.15) is 0 Å². The Morgan fingerprint density at radius 1 is 1.09 bits per heavy atom. The van der Waals surface area contributed by atoms with E-state index < -0.39 is 11.6 Å². The first-order valence-electron chi connectivity index (χ1n) is 10.9.